The van der Waals surface area contributed by atoms with Crippen LogP contribution in [0.15, 0.2) is 35.2 Å². The summed E-state index contributed by atoms with van der Waals surface area (Å²) in [4.78, 5) is 27.7. The summed E-state index contributed by atoms with van der Waals surface area (Å²) >= 11 is 0. The van der Waals surface area contributed by atoms with Crippen LogP contribution in [0.5, 0.6) is 5.75 Å². The first kappa shape index (κ1) is 21.5. The van der Waals surface area contributed by atoms with Crippen molar-refractivity contribution in [2.24, 2.45) is 17.6 Å². The lowest BCUT2D eigenvalue weighted by atomic mass is 9.52. The molecular weight excluding hydrogens is 404 g/mol. The van der Waals surface area contributed by atoms with Crippen LogP contribution in [0.1, 0.15) is 24.0 Å². The summed E-state index contributed by atoms with van der Waals surface area (Å²) < 4.78 is 0. The van der Waals surface area contributed by atoms with Gasteiger partial charge in [0.25, 0.3) is 0 Å². The highest BCUT2D eigenvalue weighted by Gasteiger charge is 2.68. The molecule has 1 aromatic rings. The minimum Gasteiger partial charge on any atom is -0.507 e. The Morgan fingerprint density at radius 3 is 2.42 bits per heavy atom. The smallest absolute Gasteiger partial charge is 0.206 e. The van der Waals surface area contributed by atoms with Crippen molar-refractivity contribution in [2.45, 2.75) is 36.7 Å². The molecule has 7 N–H and O–H groups in total. The molecule has 0 aliphatic heterocycles. The van der Waals surface area contributed by atoms with Gasteiger partial charge in [0, 0.05) is 17.4 Å². The summed E-state index contributed by atoms with van der Waals surface area (Å²) in [7, 11) is 3.07. The molecule has 9 nitrogen and oxygen atoms in total. The Hall–Kier alpha value is -2.72. The van der Waals surface area contributed by atoms with E-state index in [1.165, 1.54) is 31.1 Å². The monoisotopic (exact) mass is 430 g/mol. The van der Waals surface area contributed by atoms with Crippen molar-refractivity contribution in [3.05, 3.63) is 46.4 Å². The molecule has 1 aromatic carbocycles. The highest BCUT2D eigenvalue weighted by molar-refractivity contribution is 6.27. The number of aliphatic hydroxyl groups excluding tert-OH is 3. The molecule has 0 heterocycles. The minimum atomic E-state index is -2.60. The van der Waals surface area contributed by atoms with Crippen molar-refractivity contribution in [1.82, 2.24) is 4.90 Å². The van der Waals surface area contributed by atoms with E-state index in [1.807, 2.05) is 6.92 Å². The fourth-order valence-corrected chi connectivity index (χ4v) is 5.67. The quantitative estimate of drug-likeness (QED) is 0.194. The van der Waals surface area contributed by atoms with Crippen LogP contribution in [0.4, 0.5) is 0 Å². The summed E-state index contributed by atoms with van der Waals surface area (Å²) in [6, 6.07) is 3.72. The van der Waals surface area contributed by atoms with Gasteiger partial charge in [-0.1, -0.05) is 19.1 Å². The van der Waals surface area contributed by atoms with Crippen molar-refractivity contribution in [3.63, 3.8) is 0 Å². The Labute approximate surface area is 178 Å². The first-order chi connectivity index (χ1) is 14.4. The van der Waals surface area contributed by atoms with Crippen molar-refractivity contribution >= 4 is 17.6 Å². The van der Waals surface area contributed by atoms with Crippen molar-refractivity contribution in [3.8, 4) is 5.75 Å². The topological polar surface area (TPSA) is 165 Å². The number of rotatable bonds is 1. The van der Waals surface area contributed by atoms with Gasteiger partial charge >= 0.3 is 0 Å². The molecule has 1 unspecified atom stereocenters. The number of Topliss-reactive ketones (excluding diaryl/α,β-unsaturated/α-hetero) is 2. The molecule has 0 aromatic heterocycles. The summed E-state index contributed by atoms with van der Waals surface area (Å²) in [5.41, 5.74) is 3.31. The van der Waals surface area contributed by atoms with Gasteiger partial charge < -0.3 is 31.3 Å². The Morgan fingerprint density at radius 2 is 1.84 bits per heavy atom. The molecule has 0 spiro atoms. The van der Waals surface area contributed by atoms with E-state index in [4.69, 9.17) is 5.73 Å². The van der Waals surface area contributed by atoms with Crippen LogP contribution in [0.25, 0.3) is 6.08 Å². The average Bonchev–Trinajstić information content (AvgIpc) is 2.68. The molecule has 166 valence electrons. The number of aliphatic hydroxyl groups is 4. The van der Waals surface area contributed by atoms with Gasteiger partial charge in [0.1, 0.15) is 17.4 Å². The molecule has 2 fully saturated rings. The van der Waals surface area contributed by atoms with Crippen LogP contribution in [-0.4, -0.2) is 79.9 Å². The molecule has 9 heteroatoms. The number of carbonyl (C=O) groups excluding carboxylic acids is 2. The molecule has 7 atom stereocenters. The maximum atomic E-state index is 13.2. The normalized spacial score (nSPS) is 38.9. The van der Waals surface area contributed by atoms with E-state index >= 15 is 0 Å². The van der Waals surface area contributed by atoms with Crippen molar-refractivity contribution < 1.29 is 35.1 Å². The fourth-order valence-electron chi connectivity index (χ4n) is 5.67. The molecule has 4 rings (SSSR count). The van der Waals surface area contributed by atoms with E-state index in [0.29, 0.717) is 5.56 Å². The van der Waals surface area contributed by atoms with Gasteiger partial charge in [-0.2, -0.15) is 0 Å². The standard InChI is InChI=1S/C22H26N2O7/c1-8-9-5-4-6-12(25)10(9)7-11-13(8)17(26)15-16(24(2)3)18(27)14(21(23)30)20(29)22(15,31)19(11)28/h4-8,13,15-17,19,25-26,28,30-31H,23H2,1-3H3/b21-14-/t8-,13+,15+,16-,17-,19?,22-/m0/s1. The number of nitrogens with zero attached hydrogens (tertiary/aromatic N) is 1. The van der Waals surface area contributed by atoms with Crippen LogP contribution >= 0.6 is 0 Å². The molecule has 3 aliphatic carbocycles. The second kappa shape index (κ2) is 6.89. The number of hydrogen-bond donors (Lipinski definition) is 6. The fraction of sp³-hybridized carbons (Fsp3) is 0.455. The molecule has 0 bridgehead atoms. The van der Waals surface area contributed by atoms with Gasteiger partial charge in [-0.25, -0.2) is 0 Å². The van der Waals surface area contributed by atoms with E-state index in [-0.39, 0.29) is 17.2 Å². The number of fused-ring (bicyclic) bond motifs is 3. The number of hydrogen-bond acceptors (Lipinski definition) is 9. The second-order valence-electron chi connectivity index (χ2n) is 8.85. The van der Waals surface area contributed by atoms with Gasteiger partial charge in [-0.3, -0.25) is 14.5 Å². The van der Waals surface area contributed by atoms with Gasteiger partial charge in [-0.05, 0) is 43.3 Å². The van der Waals surface area contributed by atoms with Gasteiger partial charge in [-0.15, -0.1) is 0 Å². The zero-order valence-electron chi connectivity index (χ0n) is 17.4. The maximum absolute atomic E-state index is 13.2. The van der Waals surface area contributed by atoms with Gasteiger partial charge in [0.2, 0.25) is 5.78 Å². The first-order valence-electron chi connectivity index (χ1n) is 10.0. The van der Waals surface area contributed by atoms with Crippen LogP contribution in [0.3, 0.4) is 0 Å². The van der Waals surface area contributed by atoms with Crippen LogP contribution in [0, 0.1) is 11.8 Å². The summed E-state index contributed by atoms with van der Waals surface area (Å²) in [5.74, 6) is -5.62. The number of benzene rings is 1. The highest BCUT2D eigenvalue weighted by atomic mass is 16.4. The Balaban J connectivity index is 1.98. The lowest BCUT2D eigenvalue weighted by Gasteiger charge is -2.56. The maximum Gasteiger partial charge on any atom is 0.206 e. The number of aromatic hydroxyl groups is 1. The van der Waals surface area contributed by atoms with Gasteiger partial charge in [0.05, 0.1) is 12.1 Å². The van der Waals surface area contributed by atoms with E-state index < -0.39 is 58.7 Å². The minimum absolute atomic E-state index is 0.0393. The molecule has 2 saturated carbocycles. The molecule has 0 radical (unpaired) electrons. The number of phenols is 1. The van der Waals surface area contributed by atoms with E-state index in [0.717, 1.165) is 5.56 Å². The third-order valence-corrected chi connectivity index (χ3v) is 7.08. The van der Waals surface area contributed by atoms with Gasteiger partial charge in [0.15, 0.2) is 17.3 Å². The lowest BCUT2D eigenvalue weighted by Crippen LogP contribution is -2.74. The summed E-state index contributed by atoms with van der Waals surface area (Å²) in [6.07, 6.45) is -1.71. The Bertz CT molecular complexity index is 1040. The number of nitrogens with two attached hydrogens (primary N) is 1. The average molecular weight is 430 g/mol. The Kier molecular flexibility index (Phi) is 4.78. The predicted octanol–water partition coefficient (Wildman–Crippen LogP) is -0.598. The molecule has 0 saturated heterocycles. The third-order valence-electron chi connectivity index (χ3n) is 7.08. The number of ketones is 2. The number of likely N-dealkylation sites (N-methyl/N-ethyl adjacent to an activating group) is 1. The van der Waals surface area contributed by atoms with Crippen LogP contribution < -0.4 is 5.73 Å². The van der Waals surface area contributed by atoms with E-state index in [9.17, 15) is 35.1 Å². The highest BCUT2D eigenvalue weighted by Crippen LogP contribution is 2.54. The van der Waals surface area contributed by atoms with Crippen LogP contribution in [-0.2, 0) is 9.59 Å². The zero-order valence-corrected chi connectivity index (χ0v) is 17.4. The number of phenolic OH excluding ortho intramolecular Hbond substituents is 1. The molecule has 31 heavy (non-hydrogen) atoms. The molecular formula is C22H26N2O7. The summed E-state index contributed by atoms with van der Waals surface area (Å²) in [5, 5.41) is 54.3. The SMILES string of the molecule is C[C@H]1c2cccc(O)c2C=C2C(O)[C@]3(O)C(=O)/C(=C(/N)O)C(=O)[C@@H](N(C)C)[C@@H]3[C@@H](O)[C@@H]21. The van der Waals surface area contributed by atoms with E-state index in [2.05, 4.69) is 0 Å². The van der Waals surface area contributed by atoms with Crippen molar-refractivity contribution in [1.29, 1.82) is 0 Å². The second-order valence-corrected chi connectivity index (χ2v) is 8.85. The summed E-state index contributed by atoms with van der Waals surface area (Å²) in [6.45, 7) is 1.81. The molecule has 0 amide bonds. The largest absolute Gasteiger partial charge is 0.507 e. The third kappa shape index (κ3) is 2.64. The lowest BCUT2D eigenvalue weighted by molar-refractivity contribution is -0.195. The zero-order chi connectivity index (χ0) is 23.0. The molecule has 3 aliphatic rings. The number of carbonyl (C=O) groups is 2. The van der Waals surface area contributed by atoms with E-state index in [1.54, 1.807) is 12.1 Å². The van der Waals surface area contributed by atoms with Crippen LogP contribution in [0.2, 0.25) is 0 Å². The Morgan fingerprint density at radius 1 is 1.19 bits per heavy atom. The first-order valence-corrected chi connectivity index (χ1v) is 10.0. The van der Waals surface area contributed by atoms with Crippen molar-refractivity contribution in [2.75, 3.05) is 14.1 Å². The predicted molar refractivity (Wildman–Crippen MR) is 110 cm³/mol.